The van der Waals surface area contributed by atoms with E-state index < -0.39 is 0 Å². The number of aromatic nitrogens is 2. The van der Waals surface area contributed by atoms with Crippen LogP contribution in [0.4, 0.5) is 5.82 Å². The van der Waals surface area contributed by atoms with Crippen LogP contribution < -0.4 is 5.32 Å². The molecule has 2 atom stereocenters. The Bertz CT molecular complexity index is 442. The van der Waals surface area contributed by atoms with Gasteiger partial charge in [0.15, 0.2) is 0 Å². The zero-order valence-corrected chi connectivity index (χ0v) is 11.5. The van der Waals surface area contributed by atoms with Crippen LogP contribution >= 0.6 is 0 Å². The zero-order valence-electron chi connectivity index (χ0n) is 11.5. The van der Waals surface area contributed by atoms with Crippen LogP contribution in [-0.2, 0) is 12.8 Å². The minimum Gasteiger partial charge on any atom is -0.370 e. The first kappa shape index (κ1) is 11.9. The predicted molar refractivity (Wildman–Crippen MR) is 74.0 cm³/mol. The summed E-state index contributed by atoms with van der Waals surface area (Å²) in [5.74, 6) is 3.67. The maximum Gasteiger partial charge on any atom is 0.134 e. The van der Waals surface area contributed by atoms with Crippen molar-refractivity contribution < 1.29 is 0 Å². The van der Waals surface area contributed by atoms with Gasteiger partial charge in [0, 0.05) is 23.7 Å². The van der Waals surface area contributed by atoms with Crippen LogP contribution in [0.25, 0.3) is 0 Å². The maximum absolute atomic E-state index is 4.86. The van der Waals surface area contributed by atoms with Crippen molar-refractivity contribution >= 4 is 5.82 Å². The molecule has 1 N–H and O–H groups in total. The molecular formula is C15H23N3. The third-order valence-electron chi connectivity index (χ3n) is 4.35. The van der Waals surface area contributed by atoms with E-state index in [-0.39, 0.29) is 0 Å². The largest absolute Gasteiger partial charge is 0.370 e. The van der Waals surface area contributed by atoms with Gasteiger partial charge in [-0.25, -0.2) is 9.97 Å². The Morgan fingerprint density at radius 2 is 2.11 bits per heavy atom. The molecule has 0 aliphatic heterocycles. The summed E-state index contributed by atoms with van der Waals surface area (Å²) in [5.41, 5.74) is 2.70. The van der Waals surface area contributed by atoms with Gasteiger partial charge in [-0.2, -0.15) is 0 Å². The molecule has 3 heteroatoms. The van der Waals surface area contributed by atoms with Crippen molar-refractivity contribution in [3.05, 3.63) is 17.1 Å². The highest BCUT2D eigenvalue weighted by molar-refractivity contribution is 5.49. The highest BCUT2D eigenvalue weighted by Crippen LogP contribution is 2.38. The fourth-order valence-electron chi connectivity index (χ4n) is 3.39. The Kier molecular flexibility index (Phi) is 3.23. The van der Waals surface area contributed by atoms with Crippen molar-refractivity contribution in [2.24, 2.45) is 5.92 Å². The van der Waals surface area contributed by atoms with Crippen LogP contribution in [0.5, 0.6) is 0 Å². The number of rotatable bonds is 3. The molecular weight excluding hydrogens is 222 g/mol. The number of hydrogen-bond acceptors (Lipinski definition) is 3. The number of fused-ring (bicyclic) bond motifs is 1. The van der Waals surface area contributed by atoms with Crippen LogP contribution in [0, 0.1) is 5.92 Å². The quantitative estimate of drug-likeness (QED) is 0.888. The van der Waals surface area contributed by atoms with Gasteiger partial charge in [0.25, 0.3) is 0 Å². The molecule has 18 heavy (non-hydrogen) atoms. The summed E-state index contributed by atoms with van der Waals surface area (Å²) in [7, 11) is 0. The zero-order chi connectivity index (χ0) is 12.5. The average Bonchev–Trinajstić information content (AvgIpc) is 2.97. The average molecular weight is 245 g/mol. The van der Waals surface area contributed by atoms with Crippen molar-refractivity contribution in [3.63, 3.8) is 0 Å². The van der Waals surface area contributed by atoms with Gasteiger partial charge in [0.05, 0.1) is 0 Å². The van der Waals surface area contributed by atoms with Crippen LogP contribution in [0.3, 0.4) is 0 Å². The molecule has 3 rings (SSSR count). The smallest absolute Gasteiger partial charge is 0.134 e. The lowest BCUT2D eigenvalue weighted by Gasteiger charge is -2.14. The molecule has 1 aromatic heterocycles. The van der Waals surface area contributed by atoms with Gasteiger partial charge in [-0.15, -0.1) is 0 Å². The van der Waals surface area contributed by atoms with Crippen LogP contribution in [-0.4, -0.2) is 16.5 Å². The lowest BCUT2D eigenvalue weighted by atomic mass is 10.0. The fourth-order valence-corrected chi connectivity index (χ4v) is 3.39. The van der Waals surface area contributed by atoms with Crippen molar-refractivity contribution in [2.45, 2.75) is 58.3 Å². The highest BCUT2D eigenvalue weighted by atomic mass is 15.0. The summed E-state index contributed by atoms with van der Waals surface area (Å²) < 4.78 is 0. The Morgan fingerprint density at radius 3 is 2.83 bits per heavy atom. The van der Waals surface area contributed by atoms with Crippen molar-refractivity contribution in [1.29, 1.82) is 0 Å². The number of nitrogens with zero attached hydrogens (tertiary/aromatic N) is 2. The van der Waals surface area contributed by atoms with Gasteiger partial charge >= 0.3 is 0 Å². The van der Waals surface area contributed by atoms with Gasteiger partial charge in [0.1, 0.15) is 11.6 Å². The first-order valence-electron chi connectivity index (χ1n) is 7.41. The Labute approximate surface area is 109 Å². The van der Waals surface area contributed by atoms with Gasteiger partial charge in [-0.3, -0.25) is 0 Å². The molecule has 0 radical (unpaired) electrons. The fraction of sp³-hybridized carbons (Fsp3) is 0.733. The van der Waals surface area contributed by atoms with E-state index in [1.807, 2.05) is 0 Å². The van der Waals surface area contributed by atoms with Crippen molar-refractivity contribution in [1.82, 2.24) is 9.97 Å². The standard InChI is InChI=1S/C15H23N3/c1-3-16-15-12-5-4-6-13(12)17-14(18-15)11-8-7-10(2)9-11/h10-11H,3-9H2,1-2H3,(H,16,17,18). The SMILES string of the molecule is CCNc1nc(C2CCC(C)C2)nc2c1CCC2. The molecule has 0 aromatic carbocycles. The van der Waals surface area contributed by atoms with Gasteiger partial charge in [-0.1, -0.05) is 6.92 Å². The first-order chi connectivity index (χ1) is 8.78. The molecule has 0 spiro atoms. The van der Waals surface area contributed by atoms with E-state index in [0.717, 1.165) is 36.9 Å². The van der Waals surface area contributed by atoms with E-state index in [9.17, 15) is 0 Å². The van der Waals surface area contributed by atoms with Crippen LogP contribution in [0.15, 0.2) is 0 Å². The summed E-state index contributed by atoms with van der Waals surface area (Å²) in [4.78, 5) is 9.69. The van der Waals surface area contributed by atoms with Crippen LogP contribution in [0.2, 0.25) is 0 Å². The van der Waals surface area contributed by atoms with Crippen molar-refractivity contribution in [2.75, 3.05) is 11.9 Å². The molecule has 1 heterocycles. The minimum absolute atomic E-state index is 0.600. The lowest BCUT2D eigenvalue weighted by Crippen LogP contribution is -2.10. The second-order valence-electron chi connectivity index (χ2n) is 5.85. The second-order valence-corrected chi connectivity index (χ2v) is 5.85. The summed E-state index contributed by atoms with van der Waals surface area (Å²) >= 11 is 0. The molecule has 0 amide bonds. The number of hydrogen-bond donors (Lipinski definition) is 1. The van der Waals surface area contributed by atoms with Gasteiger partial charge in [0.2, 0.25) is 0 Å². The summed E-state index contributed by atoms with van der Waals surface area (Å²) in [6.07, 6.45) is 7.41. The van der Waals surface area contributed by atoms with E-state index >= 15 is 0 Å². The van der Waals surface area contributed by atoms with E-state index in [2.05, 4.69) is 19.2 Å². The Hall–Kier alpha value is -1.12. The Balaban J connectivity index is 1.93. The summed E-state index contributed by atoms with van der Waals surface area (Å²) in [5, 5.41) is 3.43. The molecule has 1 aromatic rings. The summed E-state index contributed by atoms with van der Waals surface area (Å²) in [6.45, 7) is 5.43. The maximum atomic E-state index is 4.86. The Morgan fingerprint density at radius 1 is 1.22 bits per heavy atom. The molecule has 0 saturated heterocycles. The minimum atomic E-state index is 0.600. The molecule has 1 fully saturated rings. The third kappa shape index (κ3) is 2.11. The predicted octanol–water partition coefficient (Wildman–Crippen LogP) is 3.30. The van der Waals surface area contributed by atoms with Crippen LogP contribution in [0.1, 0.15) is 62.5 Å². The number of aryl methyl sites for hydroxylation is 1. The molecule has 98 valence electrons. The van der Waals surface area contributed by atoms with Gasteiger partial charge < -0.3 is 5.32 Å². The lowest BCUT2D eigenvalue weighted by molar-refractivity contribution is 0.584. The number of nitrogens with one attached hydrogen (secondary N) is 1. The van der Waals surface area contributed by atoms with E-state index in [0.29, 0.717) is 5.92 Å². The molecule has 2 aliphatic rings. The van der Waals surface area contributed by atoms with E-state index in [1.54, 1.807) is 0 Å². The molecule has 0 bridgehead atoms. The molecule has 2 aliphatic carbocycles. The van der Waals surface area contributed by atoms with Gasteiger partial charge in [-0.05, 0) is 51.4 Å². The molecule has 1 saturated carbocycles. The molecule has 2 unspecified atom stereocenters. The number of anilines is 1. The molecule has 3 nitrogen and oxygen atoms in total. The monoisotopic (exact) mass is 245 g/mol. The normalized spacial score (nSPS) is 26.3. The highest BCUT2D eigenvalue weighted by Gasteiger charge is 2.27. The summed E-state index contributed by atoms with van der Waals surface area (Å²) in [6, 6.07) is 0. The van der Waals surface area contributed by atoms with E-state index in [4.69, 9.17) is 9.97 Å². The second kappa shape index (κ2) is 4.87. The third-order valence-corrected chi connectivity index (χ3v) is 4.35. The topological polar surface area (TPSA) is 37.8 Å². The first-order valence-corrected chi connectivity index (χ1v) is 7.41. The van der Waals surface area contributed by atoms with Crippen molar-refractivity contribution in [3.8, 4) is 0 Å². The van der Waals surface area contributed by atoms with E-state index in [1.165, 1.54) is 36.9 Å².